The zero-order valence-electron chi connectivity index (χ0n) is 14.2. The molecule has 5 nitrogen and oxygen atoms in total. The number of fused-ring (bicyclic) bond motifs is 1. The molecule has 0 aliphatic carbocycles. The summed E-state index contributed by atoms with van der Waals surface area (Å²) in [6.07, 6.45) is 3.46. The molecule has 0 atom stereocenters. The molecule has 1 amide bonds. The van der Waals surface area contributed by atoms with Crippen LogP contribution in [-0.4, -0.2) is 47.0 Å². The number of hydrogen-bond acceptors (Lipinski definition) is 4. The Bertz CT molecular complexity index is 1020. The highest BCUT2D eigenvalue weighted by Gasteiger charge is 2.25. The van der Waals surface area contributed by atoms with Gasteiger partial charge in [0.15, 0.2) is 0 Å². The zero-order chi connectivity index (χ0) is 19.0. The molecule has 2 aromatic heterocycles. The second kappa shape index (κ2) is 7.19. The van der Waals surface area contributed by atoms with Crippen LogP contribution in [0.3, 0.4) is 0 Å². The van der Waals surface area contributed by atoms with Gasteiger partial charge in [-0.25, -0.2) is 8.78 Å². The summed E-state index contributed by atoms with van der Waals surface area (Å²) in [4.78, 5) is 25.1. The summed E-state index contributed by atoms with van der Waals surface area (Å²) in [7, 11) is 0. The third-order valence-electron chi connectivity index (χ3n) is 4.59. The van der Waals surface area contributed by atoms with Crippen molar-refractivity contribution >= 4 is 38.6 Å². The lowest BCUT2D eigenvalue weighted by Gasteiger charge is -2.36. The van der Waals surface area contributed by atoms with E-state index in [9.17, 15) is 13.6 Å². The van der Waals surface area contributed by atoms with Gasteiger partial charge in [-0.2, -0.15) is 0 Å². The maximum Gasteiger partial charge on any atom is 0.256 e. The second-order valence-corrected chi connectivity index (χ2v) is 7.17. The number of pyridine rings is 2. The Kier molecular flexibility index (Phi) is 4.73. The molecule has 0 saturated carbocycles. The van der Waals surface area contributed by atoms with Crippen LogP contribution >= 0.6 is 15.9 Å². The maximum atomic E-state index is 13.9. The van der Waals surface area contributed by atoms with E-state index < -0.39 is 17.5 Å². The summed E-state index contributed by atoms with van der Waals surface area (Å²) in [5.74, 6) is -1.95. The number of rotatable bonds is 2. The quantitative estimate of drug-likeness (QED) is 0.620. The number of hydrogen-bond donors (Lipinski definition) is 0. The molecule has 0 spiro atoms. The predicted molar refractivity (Wildman–Crippen MR) is 102 cm³/mol. The molecule has 8 heteroatoms. The first-order valence-electron chi connectivity index (χ1n) is 8.42. The van der Waals surface area contributed by atoms with E-state index in [1.165, 1.54) is 6.07 Å². The van der Waals surface area contributed by atoms with Gasteiger partial charge >= 0.3 is 0 Å². The fraction of sp³-hybridized carbons (Fsp3) is 0.211. The van der Waals surface area contributed by atoms with Gasteiger partial charge < -0.3 is 9.80 Å². The Morgan fingerprint density at radius 1 is 1.04 bits per heavy atom. The number of nitrogens with zero attached hydrogens (tertiary/aromatic N) is 4. The van der Waals surface area contributed by atoms with Crippen molar-refractivity contribution in [1.82, 2.24) is 14.9 Å². The molecule has 3 aromatic rings. The average molecular weight is 433 g/mol. The predicted octanol–water partition coefficient (Wildman–Crippen LogP) is 3.63. The monoisotopic (exact) mass is 432 g/mol. The van der Waals surface area contributed by atoms with Gasteiger partial charge in [-0.15, -0.1) is 0 Å². The van der Waals surface area contributed by atoms with Crippen molar-refractivity contribution in [3.63, 3.8) is 0 Å². The minimum absolute atomic E-state index is 0.106. The standard InChI is InChI=1S/C19H15BrF2N4O/c20-12-9-16-18(24-11-12)17(3-4-23-16)25-5-7-26(8-6-25)19(27)14-2-1-13(21)10-15(14)22/h1-4,9-11H,5-8H2. The van der Waals surface area contributed by atoms with Crippen LogP contribution in [0.1, 0.15) is 10.4 Å². The molecule has 27 heavy (non-hydrogen) atoms. The SMILES string of the molecule is O=C(c1ccc(F)cc1F)N1CCN(c2ccnc3cc(Br)cnc23)CC1. The van der Waals surface area contributed by atoms with E-state index in [2.05, 4.69) is 30.8 Å². The Hall–Kier alpha value is -2.61. The third-order valence-corrected chi connectivity index (χ3v) is 5.03. The van der Waals surface area contributed by atoms with Crippen molar-refractivity contribution in [3.8, 4) is 0 Å². The van der Waals surface area contributed by atoms with Gasteiger partial charge in [0, 0.05) is 49.1 Å². The lowest BCUT2D eigenvalue weighted by atomic mass is 10.1. The summed E-state index contributed by atoms with van der Waals surface area (Å²) in [6, 6.07) is 6.83. The van der Waals surface area contributed by atoms with Crippen molar-refractivity contribution < 1.29 is 13.6 Å². The van der Waals surface area contributed by atoms with Crippen LogP contribution in [0.2, 0.25) is 0 Å². The fourth-order valence-corrected chi connectivity index (χ4v) is 3.55. The number of amides is 1. The number of benzene rings is 1. The smallest absolute Gasteiger partial charge is 0.256 e. The Morgan fingerprint density at radius 2 is 1.81 bits per heavy atom. The highest BCUT2D eigenvalue weighted by atomic mass is 79.9. The van der Waals surface area contributed by atoms with E-state index in [0.29, 0.717) is 26.2 Å². The number of carbonyl (C=O) groups excluding carboxylic acids is 1. The molecule has 0 bridgehead atoms. The van der Waals surface area contributed by atoms with Crippen molar-refractivity contribution in [2.75, 3.05) is 31.1 Å². The molecule has 0 N–H and O–H groups in total. The van der Waals surface area contributed by atoms with E-state index in [1.54, 1.807) is 17.3 Å². The molecule has 1 saturated heterocycles. The van der Waals surface area contributed by atoms with Crippen LogP contribution in [-0.2, 0) is 0 Å². The molecule has 3 heterocycles. The van der Waals surface area contributed by atoms with Gasteiger partial charge in [0.2, 0.25) is 0 Å². The van der Waals surface area contributed by atoms with E-state index >= 15 is 0 Å². The summed E-state index contributed by atoms with van der Waals surface area (Å²) in [6.45, 7) is 2.06. The Labute approximate surface area is 162 Å². The number of piperazine rings is 1. The van der Waals surface area contributed by atoms with Gasteiger partial charge in [-0.05, 0) is 40.2 Å². The molecule has 1 fully saturated rings. The summed E-state index contributed by atoms with van der Waals surface area (Å²) in [5, 5.41) is 0. The van der Waals surface area contributed by atoms with E-state index in [-0.39, 0.29) is 5.56 Å². The maximum absolute atomic E-state index is 13.9. The van der Waals surface area contributed by atoms with E-state index in [0.717, 1.165) is 33.3 Å². The van der Waals surface area contributed by atoms with Gasteiger partial charge in [-0.1, -0.05) is 0 Å². The largest absolute Gasteiger partial charge is 0.366 e. The van der Waals surface area contributed by atoms with Crippen LogP contribution in [0.15, 0.2) is 47.2 Å². The van der Waals surface area contributed by atoms with Gasteiger partial charge in [0.1, 0.15) is 17.2 Å². The molecule has 0 radical (unpaired) electrons. The first-order valence-corrected chi connectivity index (χ1v) is 9.22. The second-order valence-electron chi connectivity index (χ2n) is 6.25. The van der Waals surface area contributed by atoms with Crippen LogP contribution in [0.25, 0.3) is 11.0 Å². The van der Waals surface area contributed by atoms with Crippen molar-refractivity contribution in [1.29, 1.82) is 0 Å². The first-order chi connectivity index (χ1) is 13.0. The summed E-state index contributed by atoms with van der Waals surface area (Å²) < 4.78 is 27.8. The third kappa shape index (κ3) is 3.49. The average Bonchev–Trinajstić information content (AvgIpc) is 2.67. The van der Waals surface area contributed by atoms with E-state index in [4.69, 9.17) is 0 Å². The fourth-order valence-electron chi connectivity index (χ4n) is 3.23. The van der Waals surface area contributed by atoms with Gasteiger partial charge in [0.05, 0.1) is 16.8 Å². The molecular formula is C19H15BrF2N4O. The van der Waals surface area contributed by atoms with Crippen LogP contribution in [0.5, 0.6) is 0 Å². The van der Waals surface area contributed by atoms with E-state index in [1.807, 2.05) is 12.1 Å². The minimum atomic E-state index is -0.836. The lowest BCUT2D eigenvalue weighted by molar-refractivity contribution is 0.0742. The van der Waals surface area contributed by atoms with Gasteiger partial charge in [0.25, 0.3) is 5.91 Å². The van der Waals surface area contributed by atoms with Crippen molar-refractivity contribution in [3.05, 3.63) is 64.4 Å². The van der Waals surface area contributed by atoms with Crippen molar-refractivity contribution in [2.45, 2.75) is 0 Å². The van der Waals surface area contributed by atoms with Gasteiger partial charge in [-0.3, -0.25) is 14.8 Å². The number of aromatic nitrogens is 2. The highest BCUT2D eigenvalue weighted by Crippen LogP contribution is 2.26. The zero-order valence-corrected chi connectivity index (χ0v) is 15.8. The number of anilines is 1. The molecule has 1 aliphatic heterocycles. The first kappa shape index (κ1) is 17.8. The Balaban J connectivity index is 1.52. The molecular weight excluding hydrogens is 418 g/mol. The number of halogens is 3. The molecule has 1 aromatic carbocycles. The van der Waals surface area contributed by atoms with Crippen LogP contribution < -0.4 is 4.90 Å². The highest BCUT2D eigenvalue weighted by molar-refractivity contribution is 9.10. The molecule has 4 rings (SSSR count). The minimum Gasteiger partial charge on any atom is -0.366 e. The van der Waals surface area contributed by atoms with Crippen LogP contribution in [0, 0.1) is 11.6 Å². The Morgan fingerprint density at radius 3 is 2.56 bits per heavy atom. The topological polar surface area (TPSA) is 49.3 Å². The molecule has 0 unspecified atom stereocenters. The summed E-state index contributed by atoms with van der Waals surface area (Å²) >= 11 is 3.39. The number of carbonyl (C=O) groups is 1. The molecule has 1 aliphatic rings. The lowest BCUT2D eigenvalue weighted by Crippen LogP contribution is -2.49. The summed E-state index contributed by atoms with van der Waals surface area (Å²) in [5.41, 5.74) is 2.43. The van der Waals surface area contributed by atoms with Crippen LogP contribution in [0.4, 0.5) is 14.5 Å². The molecule has 138 valence electrons. The normalized spacial score (nSPS) is 14.6. The van der Waals surface area contributed by atoms with Crippen molar-refractivity contribution in [2.24, 2.45) is 0 Å².